The van der Waals surface area contributed by atoms with E-state index in [2.05, 4.69) is 10.6 Å². The molecule has 29 heavy (non-hydrogen) atoms. The SMILES string of the molecule is Cc1ccc(NC(=O)/C(=C/c2cccc([N+](=O)[O-])c2)NC(=O)c2ccco2)cc1. The smallest absolute Gasteiger partial charge is 0.291 e. The molecule has 8 nitrogen and oxygen atoms in total. The Bertz CT molecular complexity index is 1070. The number of carbonyl (C=O) groups is 2. The maximum Gasteiger partial charge on any atom is 0.291 e. The molecule has 0 aliphatic heterocycles. The van der Waals surface area contributed by atoms with Crippen molar-refractivity contribution in [2.45, 2.75) is 6.92 Å². The van der Waals surface area contributed by atoms with E-state index >= 15 is 0 Å². The van der Waals surface area contributed by atoms with E-state index < -0.39 is 16.7 Å². The van der Waals surface area contributed by atoms with Crippen molar-refractivity contribution in [3.05, 3.63) is 99.6 Å². The third-order valence-electron chi connectivity index (χ3n) is 3.94. The third-order valence-corrected chi connectivity index (χ3v) is 3.94. The van der Waals surface area contributed by atoms with E-state index in [1.54, 1.807) is 24.3 Å². The van der Waals surface area contributed by atoms with Crippen LogP contribution >= 0.6 is 0 Å². The van der Waals surface area contributed by atoms with Crippen LogP contribution in [0.5, 0.6) is 0 Å². The molecule has 2 N–H and O–H groups in total. The number of anilines is 1. The van der Waals surface area contributed by atoms with Gasteiger partial charge in [-0.3, -0.25) is 19.7 Å². The maximum atomic E-state index is 12.8. The van der Waals surface area contributed by atoms with Crippen molar-refractivity contribution >= 4 is 29.3 Å². The fraction of sp³-hybridized carbons (Fsp3) is 0.0476. The molecule has 1 heterocycles. The van der Waals surface area contributed by atoms with E-state index in [0.717, 1.165) is 5.56 Å². The third kappa shape index (κ3) is 5.16. The number of amides is 2. The highest BCUT2D eigenvalue weighted by Gasteiger charge is 2.17. The number of furan rings is 1. The Morgan fingerprint density at radius 1 is 1.07 bits per heavy atom. The molecule has 0 fully saturated rings. The van der Waals surface area contributed by atoms with E-state index in [1.807, 2.05) is 19.1 Å². The average molecular weight is 391 g/mol. The van der Waals surface area contributed by atoms with Gasteiger partial charge in [-0.15, -0.1) is 0 Å². The van der Waals surface area contributed by atoms with Crippen molar-refractivity contribution in [3.63, 3.8) is 0 Å². The molecular weight excluding hydrogens is 374 g/mol. The van der Waals surface area contributed by atoms with Crippen LogP contribution in [0.2, 0.25) is 0 Å². The van der Waals surface area contributed by atoms with Gasteiger partial charge in [-0.1, -0.05) is 29.8 Å². The second-order valence-corrected chi connectivity index (χ2v) is 6.16. The molecule has 0 atom stereocenters. The lowest BCUT2D eigenvalue weighted by Crippen LogP contribution is -2.30. The van der Waals surface area contributed by atoms with Gasteiger partial charge in [-0.2, -0.15) is 0 Å². The van der Waals surface area contributed by atoms with Gasteiger partial charge in [0.2, 0.25) is 0 Å². The van der Waals surface area contributed by atoms with Crippen LogP contribution in [-0.4, -0.2) is 16.7 Å². The van der Waals surface area contributed by atoms with Gasteiger partial charge in [0.15, 0.2) is 5.76 Å². The van der Waals surface area contributed by atoms with Gasteiger partial charge >= 0.3 is 0 Å². The molecule has 0 saturated carbocycles. The molecule has 0 unspecified atom stereocenters. The molecule has 1 aromatic heterocycles. The summed E-state index contributed by atoms with van der Waals surface area (Å²) in [7, 11) is 0. The van der Waals surface area contributed by atoms with Crippen LogP contribution in [0, 0.1) is 17.0 Å². The summed E-state index contributed by atoms with van der Waals surface area (Å²) >= 11 is 0. The van der Waals surface area contributed by atoms with Gasteiger partial charge in [-0.05, 0) is 42.8 Å². The minimum absolute atomic E-state index is 0.0260. The molecule has 0 aliphatic carbocycles. The lowest BCUT2D eigenvalue weighted by molar-refractivity contribution is -0.384. The summed E-state index contributed by atoms with van der Waals surface area (Å²) in [5, 5.41) is 16.2. The molecule has 146 valence electrons. The molecule has 0 aliphatic rings. The monoisotopic (exact) mass is 391 g/mol. The lowest BCUT2D eigenvalue weighted by Gasteiger charge is -2.10. The normalized spacial score (nSPS) is 11.0. The van der Waals surface area contributed by atoms with Gasteiger partial charge in [0, 0.05) is 17.8 Å². The van der Waals surface area contributed by atoms with E-state index in [9.17, 15) is 19.7 Å². The van der Waals surface area contributed by atoms with Crippen LogP contribution in [0.4, 0.5) is 11.4 Å². The number of rotatable bonds is 6. The molecule has 0 spiro atoms. The van der Waals surface area contributed by atoms with Crippen molar-refractivity contribution in [2.75, 3.05) is 5.32 Å². The quantitative estimate of drug-likeness (QED) is 0.376. The first kappa shape index (κ1) is 19.6. The van der Waals surface area contributed by atoms with Crippen LogP contribution in [0.15, 0.2) is 77.0 Å². The van der Waals surface area contributed by atoms with Crippen molar-refractivity contribution < 1.29 is 18.9 Å². The van der Waals surface area contributed by atoms with Crippen molar-refractivity contribution in [1.29, 1.82) is 0 Å². The lowest BCUT2D eigenvalue weighted by atomic mass is 10.1. The van der Waals surface area contributed by atoms with E-state index in [4.69, 9.17) is 4.42 Å². The number of hydrogen-bond donors (Lipinski definition) is 2. The number of nitrogens with one attached hydrogen (secondary N) is 2. The van der Waals surface area contributed by atoms with Gasteiger partial charge in [0.1, 0.15) is 5.70 Å². The predicted molar refractivity (Wildman–Crippen MR) is 107 cm³/mol. The standard InChI is InChI=1S/C21H17N3O5/c1-14-7-9-16(10-8-14)22-20(25)18(23-21(26)19-6-3-11-29-19)13-15-4-2-5-17(12-15)24(27)28/h2-13H,1H3,(H,22,25)(H,23,26)/b18-13-. The van der Waals surface area contributed by atoms with Crippen LogP contribution in [-0.2, 0) is 4.79 Å². The zero-order valence-corrected chi connectivity index (χ0v) is 15.4. The Balaban J connectivity index is 1.91. The maximum absolute atomic E-state index is 12.8. The molecule has 0 radical (unpaired) electrons. The summed E-state index contributed by atoms with van der Waals surface area (Å²) in [5.41, 5.74) is 1.73. The first-order chi connectivity index (χ1) is 13.9. The first-order valence-electron chi connectivity index (χ1n) is 8.61. The molecule has 2 aromatic carbocycles. The van der Waals surface area contributed by atoms with Gasteiger partial charge < -0.3 is 15.1 Å². The summed E-state index contributed by atoms with van der Waals surface area (Å²) in [5.74, 6) is -1.18. The number of aryl methyl sites for hydroxylation is 1. The fourth-order valence-electron chi connectivity index (χ4n) is 2.48. The number of hydrogen-bond acceptors (Lipinski definition) is 5. The van der Waals surface area contributed by atoms with Crippen molar-refractivity contribution in [3.8, 4) is 0 Å². The summed E-state index contributed by atoms with van der Waals surface area (Å²) in [6, 6.07) is 15.9. The summed E-state index contributed by atoms with van der Waals surface area (Å²) in [6.45, 7) is 1.92. The molecule has 2 amide bonds. The van der Waals surface area contributed by atoms with E-state index in [0.29, 0.717) is 11.3 Å². The molecule has 0 saturated heterocycles. The molecular formula is C21H17N3O5. The van der Waals surface area contributed by atoms with Crippen LogP contribution in [0.25, 0.3) is 6.08 Å². The minimum atomic E-state index is -0.620. The Kier molecular flexibility index (Phi) is 5.84. The Morgan fingerprint density at radius 3 is 2.48 bits per heavy atom. The van der Waals surface area contributed by atoms with Gasteiger partial charge in [0.25, 0.3) is 17.5 Å². The van der Waals surface area contributed by atoms with Crippen LogP contribution in [0.1, 0.15) is 21.7 Å². The summed E-state index contributed by atoms with van der Waals surface area (Å²) in [6.07, 6.45) is 2.70. The molecule has 3 rings (SSSR count). The van der Waals surface area contributed by atoms with E-state index in [1.165, 1.54) is 36.6 Å². The number of nitro benzene ring substituents is 1. The molecule has 3 aromatic rings. The van der Waals surface area contributed by atoms with Crippen LogP contribution < -0.4 is 10.6 Å². The zero-order valence-electron chi connectivity index (χ0n) is 15.4. The second-order valence-electron chi connectivity index (χ2n) is 6.16. The van der Waals surface area contributed by atoms with Crippen molar-refractivity contribution in [2.24, 2.45) is 0 Å². The summed E-state index contributed by atoms with van der Waals surface area (Å²) < 4.78 is 5.05. The Hall–Kier alpha value is -4.20. The highest BCUT2D eigenvalue weighted by Crippen LogP contribution is 2.17. The molecule has 0 bridgehead atoms. The van der Waals surface area contributed by atoms with E-state index in [-0.39, 0.29) is 17.1 Å². The minimum Gasteiger partial charge on any atom is -0.459 e. The largest absolute Gasteiger partial charge is 0.459 e. The highest BCUT2D eigenvalue weighted by molar-refractivity contribution is 6.10. The predicted octanol–water partition coefficient (Wildman–Crippen LogP) is 3.91. The highest BCUT2D eigenvalue weighted by atomic mass is 16.6. The number of carbonyl (C=O) groups excluding carboxylic acids is 2. The number of nitro groups is 1. The fourth-order valence-corrected chi connectivity index (χ4v) is 2.48. The Morgan fingerprint density at radius 2 is 1.83 bits per heavy atom. The summed E-state index contributed by atoms with van der Waals surface area (Å²) in [4.78, 5) is 35.6. The van der Waals surface area contributed by atoms with Crippen molar-refractivity contribution in [1.82, 2.24) is 5.32 Å². The topological polar surface area (TPSA) is 114 Å². The number of benzene rings is 2. The molecule has 8 heteroatoms. The number of non-ortho nitro benzene ring substituents is 1. The number of nitrogens with zero attached hydrogens (tertiary/aromatic N) is 1. The first-order valence-corrected chi connectivity index (χ1v) is 8.61. The van der Waals surface area contributed by atoms with Crippen LogP contribution in [0.3, 0.4) is 0 Å². The zero-order chi connectivity index (χ0) is 20.8. The van der Waals surface area contributed by atoms with Gasteiger partial charge in [-0.25, -0.2) is 0 Å². The Labute approximate surface area is 166 Å². The second kappa shape index (κ2) is 8.66. The average Bonchev–Trinajstić information content (AvgIpc) is 3.24. The van der Waals surface area contributed by atoms with Gasteiger partial charge in [0.05, 0.1) is 11.2 Å².